The van der Waals surface area contributed by atoms with Crippen molar-refractivity contribution in [1.29, 1.82) is 0 Å². The molecule has 0 aromatic heterocycles. The number of aryl methyl sites for hydroxylation is 2. The molecule has 1 aliphatic rings. The van der Waals surface area contributed by atoms with Gasteiger partial charge < -0.3 is 20.1 Å². The largest absolute Gasteiger partial charge is 0.508 e. The Kier molecular flexibility index (Phi) is 8.91. The van der Waals surface area contributed by atoms with Crippen LogP contribution >= 0.6 is 0 Å². The number of aliphatic hydroxyl groups is 2. The average molecular weight is 498 g/mol. The van der Waals surface area contributed by atoms with E-state index in [4.69, 9.17) is 4.74 Å². The van der Waals surface area contributed by atoms with Crippen molar-refractivity contribution in [2.24, 2.45) is 0 Å². The van der Waals surface area contributed by atoms with E-state index >= 15 is 0 Å². The second kappa shape index (κ2) is 12.3. The van der Waals surface area contributed by atoms with Crippen molar-refractivity contribution in [3.05, 3.63) is 95.1 Å². The first kappa shape index (κ1) is 26.1. The predicted octanol–water partition coefficient (Wildman–Crippen LogP) is 4.61. The van der Waals surface area contributed by atoms with E-state index in [-0.39, 0.29) is 11.6 Å². The number of aromatic hydroxyl groups is 1. The van der Waals surface area contributed by atoms with E-state index in [1.807, 2.05) is 35.2 Å². The fourth-order valence-corrected chi connectivity index (χ4v) is 4.75. The number of aliphatic hydroxyl groups excluding tert-OH is 2. The van der Waals surface area contributed by atoms with Gasteiger partial charge in [-0.05, 0) is 85.2 Å². The smallest absolute Gasteiger partial charge is 0.126 e. The number of phenols is 1. The van der Waals surface area contributed by atoms with E-state index in [0.717, 1.165) is 11.1 Å². The van der Waals surface area contributed by atoms with Crippen molar-refractivity contribution in [1.82, 2.24) is 4.90 Å². The molecule has 0 unspecified atom stereocenters. The minimum atomic E-state index is -0.789. The van der Waals surface area contributed by atoms with Gasteiger partial charge in [-0.15, -0.1) is 0 Å². The molecule has 1 heterocycles. The molecule has 0 bridgehead atoms. The summed E-state index contributed by atoms with van der Waals surface area (Å²) in [5.41, 5.74) is 2.39. The van der Waals surface area contributed by atoms with Gasteiger partial charge in [0.2, 0.25) is 0 Å². The Morgan fingerprint density at radius 1 is 0.944 bits per heavy atom. The van der Waals surface area contributed by atoms with E-state index in [2.05, 4.69) is 0 Å². The van der Waals surface area contributed by atoms with Gasteiger partial charge in [0.05, 0.1) is 6.10 Å². The van der Waals surface area contributed by atoms with Crippen molar-refractivity contribution in [2.75, 3.05) is 13.1 Å². The second-order valence-corrected chi connectivity index (χ2v) is 9.51. The van der Waals surface area contributed by atoms with Crippen molar-refractivity contribution in [3.8, 4) is 11.5 Å². The number of halogens is 2. The molecule has 36 heavy (non-hydrogen) atoms. The molecule has 0 saturated carbocycles. The number of benzene rings is 3. The van der Waals surface area contributed by atoms with Gasteiger partial charge in [0.15, 0.2) is 0 Å². The van der Waals surface area contributed by atoms with Gasteiger partial charge in [0, 0.05) is 19.6 Å². The summed E-state index contributed by atoms with van der Waals surface area (Å²) in [6.45, 7) is 1.20. The van der Waals surface area contributed by atoms with Crippen LogP contribution in [-0.2, 0) is 19.4 Å². The highest BCUT2D eigenvalue weighted by Crippen LogP contribution is 2.29. The van der Waals surface area contributed by atoms with Crippen LogP contribution in [-0.4, -0.2) is 51.6 Å². The summed E-state index contributed by atoms with van der Waals surface area (Å²) >= 11 is 0. The van der Waals surface area contributed by atoms with Gasteiger partial charge in [-0.1, -0.05) is 30.3 Å². The van der Waals surface area contributed by atoms with E-state index in [9.17, 15) is 24.1 Å². The number of fused-ring (bicyclic) bond motifs is 1. The lowest BCUT2D eigenvalue weighted by atomic mass is 9.98. The Morgan fingerprint density at radius 2 is 1.69 bits per heavy atom. The molecule has 5 nitrogen and oxygen atoms in total. The monoisotopic (exact) mass is 497 g/mol. The molecule has 3 aromatic rings. The Bertz CT molecular complexity index is 1130. The maximum absolute atomic E-state index is 13.5. The van der Waals surface area contributed by atoms with Gasteiger partial charge in [-0.3, -0.25) is 4.90 Å². The highest BCUT2D eigenvalue weighted by Gasteiger charge is 2.28. The lowest BCUT2D eigenvalue weighted by Crippen LogP contribution is -2.45. The molecular weight excluding hydrogens is 464 g/mol. The SMILES string of the molecule is Oc1ccc(F)cc1CCC[C@@H](O)CN(Cc1ccccc1)C[C@H](O)[C@H]1CCc2cc(F)ccc2O1. The van der Waals surface area contributed by atoms with Gasteiger partial charge >= 0.3 is 0 Å². The third-order valence-electron chi connectivity index (χ3n) is 6.62. The van der Waals surface area contributed by atoms with Crippen LogP contribution in [0.3, 0.4) is 0 Å². The summed E-state index contributed by atoms with van der Waals surface area (Å²) in [7, 11) is 0. The molecule has 3 atom stereocenters. The first-order chi connectivity index (χ1) is 17.4. The van der Waals surface area contributed by atoms with Crippen molar-refractivity contribution < 1.29 is 28.8 Å². The van der Waals surface area contributed by atoms with Crippen LogP contribution in [0.2, 0.25) is 0 Å². The number of ether oxygens (including phenoxy) is 1. The summed E-state index contributed by atoms with van der Waals surface area (Å²) in [6.07, 6.45) is 0.845. The number of hydrogen-bond acceptors (Lipinski definition) is 5. The third-order valence-corrected chi connectivity index (χ3v) is 6.62. The molecule has 192 valence electrons. The molecule has 0 amide bonds. The molecule has 3 N–H and O–H groups in total. The normalized spacial score (nSPS) is 16.9. The van der Waals surface area contributed by atoms with E-state index in [1.165, 1.54) is 30.3 Å². The molecule has 7 heteroatoms. The standard InChI is InChI=1S/C29H33F2NO4/c30-23-10-12-26(34)21(15-23)7-4-8-25(33)18-32(17-20-5-2-1-3-6-20)19-27(35)29-13-9-22-16-24(31)11-14-28(22)36-29/h1-3,5-6,10-12,14-16,25,27,29,33-35H,4,7-9,13,17-19H2/t25-,27+,29-/m1/s1. The fourth-order valence-electron chi connectivity index (χ4n) is 4.75. The Labute approximate surface area is 210 Å². The second-order valence-electron chi connectivity index (χ2n) is 9.51. The zero-order valence-electron chi connectivity index (χ0n) is 20.2. The lowest BCUT2D eigenvalue weighted by Gasteiger charge is -2.33. The molecule has 0 fully saturated rings. The summed E-state index contributed by atoms with van der Waals surface area (Å²) in [6, 6.07) is 18.1. The summed E-state index contributed by atoms with van der Waals surface area (Å²) < 4.78 is 33.0. The van der Waals surface area contributed by atoms with E-state index in [0.29, 0.717) is 63.1 Å². The summed E-state index contributed by atoms with van der Waals surface area (Å²) in [5.74, 6) is -0.0468. The maximum atomic E-state index is 13.5. The first-order valence-electron chi connectivity index (χ1n) is 12.4. The predicted molar refractivity (Wildman–Crippen MR) is 134 cm³/mol. The fraction of sp³-hybridized carbons (Fsp3) is 0.379. The van der Waals surface area contributed by atoms with Crippen molar-refractivity contribution >= 4 is 0 Å². The highest BCUT2D eigenvalue weighted by molar-refractivity contribution is 5.36. The third kappa shape index (κ3) is 7.26. The summed E-state index contributed by atoms with van der Waals surface area (Å²) in [4.78, 5) is 2.01. The Morgan fingerprint density at radius 3 is 2.50 bits per heavy atom. The van der Waals surface area contributed by atoms with Crippen molar-refractivity contribution in [2.45, 2.75) is 57.0 Å². The molecule has 0 aliphatic carbocycles. The van der Waals surface area contributed by atoms with Crippen LogP contribution in [0.25, 0.3) is 0 Å². The molecule has 1 aliphatic heterocycles. The van der Waals surface area contributed by atoms with Crippen LogP contribution < -0.4 is 4.74 Å². The summed E-state index contributed by atoms with van der Waals surface area (Å²) in [5, 5.41) is 31.7. The number of rotatable bonds is 11. The van der Waals surface area contributed by atoms with Crippen LogP contribution in [0.15, 0.2) is 66.7 Å². The van der Waals surface area contributed by atoms with Crippen LogP contribution in [0, 0.1) is 11.6 Å². The zero-order valence-corrected chi connectivity index (χ0v) is 20.2. The number of hydrogen-bond donors (Lipinski definition) is 3. The van der Waals surface area contributed by atoms with Crippen LogP contribution in [0.1, 0.15) is 36.0 Å². The number of phenolic OH excluding ortho intramolecular Hbond substituents is 1. The van der Waals surface area contributed by atoms with Crippen molar-refractivity contribution in [3.63, 3.8) is 0 Å². The Hall–Kier alpha value is -3.00. The molecule has 0 saturated heterocycles. The topological polar surface area (TPSA) is 73.2 Å². The van der Waals surface area contributed by atoms with Gasteiger partial charge in [0.25, 0.3) is 0 Å². The zero-order chi connectivity index (χ0) is 25.5. The van der Waals surface area contributed by atoms with E-state index in [1.54, 1.807) is 6.07 Å². The maximum Gasteiger partial charge on any atom is 0.126 e. The average Bonchev–Trinajstić information content (AvgIpc) is 2.86. The molecule has 4 rings (SSSR count). The van der Waals surface area contributed by atoms with Gasteiger partial charge in [-0.2, -0.15) is 0 Å². The number of nitrogens with zero attached hydrogens (tertiary/aromatic N) is 1. The molecule has 3 aromatic carbocycles. The van der Waals surface area contributed by atoms with Gasteiger partial charge in [0.1, 0.15) is 35.3 Å². The Balaban J connectivity index is 1.35. The molecule has 0 spiro atoms. The first-order valence-corrected chi connectivity index (χ1v) is 12.4. The minimum absolute atomic E-state index is 0.0523. The highest BCUT2D eigenvalue weighted by atomic mass is 19.1. The van der Waals surface area contributed by atoms with Crippen LogP contribution in [0.5, 0.6) is 11.5 Å². The van der Waals surface area contributed by atoms with Crippen LogP contribution in [0.4, 0.5) is 8.78 Å². The quantitative estimate of drug-likeness (QED) is 0.361. The van der Waals surface area contributed by atoms with Gasteiger partial charge in [-0.25, -0.2) is 8.78 Å². The van der Waals surface area contributed by atoms with E-state index < -0.39 is 24.1 Å². The molecular formula is C29H33F2NO4. The molecule has 0 radical (unpaired) electrons. The minimum Gasteiger partial charge on any atom is -0.508 e. The lowest BCUT2D eigenvalue weighted by molar-refractivity contribution is -0.00914.